The van der Waals surface area contributed by atoms with Crippen molar-refractivity contribution in [2.75, 3.05) is 18.9 Å². The fourth-order valence-corrected chi connectivity index (χ4v) is 4.09. The molecule has 0 aliphatic heterocycles. The standard InChI is InChI=1S/C29H29N5O2/c1-20-15-21(2)28(22(3)16-20)31-26(35)19-33(4)27(36)13-12-24-18-34(25-10-6-5-7-11-25)32-29(24)23-9-8-14-30-17-23/h5-18H,19H2,1-4H3,(H,31,35)/b13-12+. The summed E-state index contributed by atoms with van der Waals surface area (Å²) in [5.74, 6) is -0.533. The summed E-state index contributed by atoms with van der Waals surface area (Å²) in [6.07, 6.45) is 8.50. The lowest BCUT2D eigenvalue weighted by Gasteiger charge is -2.17. The molecule has 182 valence electrons. The fraction of sp³-hybridized carbons (Fsp3) is 0.172. The van der Waals surface area contributed by atoms with Gasteiger partial charge < -0.3 is 10.2 Å². The molecule has 7 heteroatoms. The number of aromatic nitrogens is 3. The molecule has 0 saturated carbocycles. The molecule has 0 aliphatic rings. The Labute approximate surface area is 211 Å². The molecule has 0 atom stereocenters. The number of carbonyl (C=O) groups is 2. The van der Waals surface area contributed by atoms with Gasteiger partial charge in [-0.05, 0) is 62.2 Å². The van der Waals surface area contributed by atoms with Gasteiger partial charge in [-0.2, -0.15) is 5.10 Å². The molecule has 4 rings (SSSR count). The minimum Gasteiger partial charge on any atom is -0.333 e. The van der Waals surface area contributed by atoms with Crippen LogP contribution in [0.3, 0.4) is 0 Å². The predicted octanol–water partition coefficient (Wildman–Crippen LogP) is 4.97. The van der Waals surface area contributed by atoms with Crippen molar-refractivity contribution in [2.45, 2.75) is 20.8 Å². The van der Waals surface area contributed by atoms with Gasteiger partial charge in [-0.25, -0.2) is 4.68 Å². The van der Waals surface area contributed by atoms with Crippen molar-refractivity contribution in [3.05, 3.63) is 102 Å². The molecule has 0 radical (unpaired) electrons. The molecule has 2 aromatic heterocycles. The zero-order chi connectivity index (χ0) is 25.7. The van der Waals surface area contributed by atoms with E-state index in [1.165, 1.54) is 11.0 Å². The maximum atomic E-state index is 12.8. The Morgan fingerprint density at radius 3 is 2.42 bits per heavy atom. The first-order valence-electron chi connectivity index (χ1n) is 11.7. The first-order valence-corrected chi connectivity index (χ1v) is 11.7. The Kier molecular flexibility index (Phi) is 7.39. The van der Waals surface area contributed by atoms with Crippen LogP contribution in [0.1, 0.15) is 22.3 Å². The largest absolute Gasteiger partial charge is 0.333 e. The number of aryl methyl sites for hydroxylation is 3. The number of likely N-dealkylation sites (N-methyl/N-ethyl adjacent to an activating group) is 1. The maximum Gasteiger partial charge on any atom is 0.246 e. The van der Waals surface area contributed by atoms with Crippen LogP contribution in [-0.4, -0.2) is 45.1 Å². The summed E-state index contributed by atoms with van der Waals surface area (Å²) in [7, 11) is 1.61. The lowest BCUT2D eigenvalue weighted by atomic mass is 10.1. The molecule has 0 aliphatic carbocycles. The van der Waals surface area contributed by atoms with Gasteiger partial charge in [-0.1, -0.05) is 35.9 Å². The zero-order valence-corrected chi connectivity index (χ0v) is 20.9. The number of anilines is 1. The number of carbonyl (C=O) groups excluding carboxylic acids is 2. The Balaban J connectivity index is 1.50. The Bertz CT molecular complexity index is 1390. The molecule has 0 bridgehead atoms. The van der Waals surface area contributed by atoms with Crippen LogP contribution >= 0.6 is 0 Å². The molecule has 0 fully saturated rings. The second kappa shape index (κ2) is 10.8. The summed E-state index contributed by atoms with van der Waals surface area (Å²) in [6.45, 7) is 5.88. The molecule has 0 unspecified atom stereocenters. The lowest BCUT2D eigenvalue weighted by Crippen LogP contribution is -2.34. The van der Waals surface area contributed by atoms with Gasteiger partial charge in [-0.3, -0.25) is 14.6 Å². The summed E-state index contributed by atoms with van der Waals surface area (Å²) in [4.78, 5) is 31.1. The number of hydrogen-bond donors (Lipinski definition) is 1. The molecule has 4 aromatic rings. The number of pyridine rings is 1. The summed E-state index contributed by atoms with van der Waals surface area (Å²) >= 11 is 0. The van der Waals surface area contributed by atoms with E-state index in [9.17, 15) is 9.59 Å². The molecule has 1 N–H and O–H groups in total. The Morgan fingerprint density at radius 2 is 1.75 bits per heavy atom. The predicted molar refractivity (Wildman–Crippen MR) is 143 cm³/mol. The second-order valence-electron chi connectivity index (χ2n) is 8.80. The molecule has 36 heavy (non-hydrogen) atoms. The normalized spacial score (nSPS) is 11.0. The van der Waals surface area contributed by atoms with Crippen LogP contribution in [0.2, 0.25) is 0 Å². The van der Waals surface area contributed by atoms with E-state index in [0.717, 1.165) is 39.2 Å². The minimum atomic E-state index is -0.285. The van der Waals surface area contributed by atoms with Crippen LogP contribution in [-0.2, 0) is 9.59 Å². The van der Waals surface area contributed by atoms with E-state index in [-0.39, 0.29) is 18.4 Å². The molecule has 7 nitrogen and oxygen atoms in total. The quantitative estimate of drug-likeness (QED) is 0.380. The van der Waals surface area contributed by atoms with E-state index in [0.29, 0.717) is 5.69 Å². The molecule has 2 aromatic carbocycles. The van der Waals surface area contributed by atoms with E-state index >= 15 is 0 Å². The van der Waals surface area contributed by atoms with Gasteiger partial charge in [0.15, 0.2) is 0 Å². The number of benzene rings is 2. The third-order valence-electron chi connectivity index (χ3n) is 5.80. The van der Waals surface area contributed by atoms with Gasteiger partial charge in [0.2, 0.25) is 11.8 Å². The highest BCUT2D eigenvalue weighted by molar-refractivity contribution is 5.99. The van der Waals surface area contributed by atoms with E-state index in [1.807, 2.05) is 81.6 Å². The highest BCUT2D eigenvalue weighted by Gasteiger charge is 2.15. The van der Waals surface area contributed by atoms with Crippen LogP contribution in [0.25, 0.3) is 23.0 Å². The molecular formula is C29H29N5O2. The minimum absolute atomic E-state index is 0.0608. The van der Waals surface area contributed by atoms with Gasteiger partial charge in [0.1, 0.15) is 5.69 Å². The van der Waals surface area contributed by atoms with Crippen molar-refractivity contribution in [3.63, 3.8) is 0 Å². The van der Waals surface area contributed by atoms with Crippen molar-refractivity contribution in [2.24, 2.45) is 0 Å². The van der Waals surface area contributed by atoms with Crippen LogP contribution in [0, 0.1) is 20.8 Å². The number of rotatable bonds is 7. The van der Waals surface area contributed by atoms with Crippen LogP contribution < -0.4 is 5.32 Å². The molecule has 0 saturated heterocycles. The number of para-hydroxylation sites is 1. The summed E-state index contributed by atoms with van der Waals surface area (Å²) in [6, 6.07) is 17.6. The maximum absolute atomic E-state index is 12.8. The average Bonchev–Trinajstić information content (AvgIpc) is 3.30. The second-order valence-corrected chi connectivity index (χ2v) is 8.80. The van der Waals surface area contributed by atoms with E-state index in [2.05, 4.69) is 10.3 Å². The highest BCUT2D eigenvalue weighted by Crippen LogP contribution is 2.24. The SMILES string of the molecule is Cc1cc(C)c(NC(=O)CN(C)C(=O)/C=C/c2cn(-c3ccccc3)nc2-c2cccnc2)c(C)c1. The average molecular weight is 480 g/mol. The lowest BCUT2D eigenvalue weighted by molar-refractivity contribution is -0.129. The smallest absolute Gasteiger partial charge is 0.246 e. The van der Waals surface area contributed by atoms with Gasteiger partial charge >= 0.3 is 0 Å². The topological polar surface area (TPSA) is 80.1 Å². The summed E-state index contributed by atoms with van der Waals surface area (Å²) in [5.41, 5.74) is 7.14. The van der Waals surface area contributed by atoms with Crippen LogP contribution in [0.5, 0.6) is 0 Å². The first-order chi connectivity index (χ1) is 17.3. The monoisotopic (exact) mass is 479 g/mol. The van der Waals surface area contributed by atoms with Gasteiger partial charge in [0.05, 0.1) is 12.2 Å². The first kappa shape index (κ1) is 24.6. The molecule has 0 spiro atoms. The Hall–Kier alpha value is -4.52. The van der Waals surface area contributed by atoms with Crippen molar-refractivity contribution in [1.82, 2.24) is 19.7 Å². The van der Waals surface area contributed by atoms with Gasteiger partial charge in [-0.15, -0.1) is 0 Å². The van der Waals surface area contributed by atoms with E-state index in [4.69, 9.17) is 5.10 Å². The van der Waals surface area contributed by atoms with Crippen molar-refractivity contribution in [1.29, 1.82) is 0 Å². The molecule has 2 heterocycles. The van der Waals surface area contributed by atoms with Crippen LogP contribution in [0.15, 0.2) is 79.3 Å². The van der Waals surface area contributed by atoms with Gasteiger partial charge in [0.25, 0.3) is 0 Å². The number of amides is 2. The number of nitrogens with zero attached hydrogens (tertiary/aromatic N) is 4. The van der Waals surface area contributed by atoms with E-state index < -0.39 is 0 Å². The van der Waals surface area contributed by atoms with Gasteiger partial charge in [0, 0.05) is 48.5 Å². The summed E-state index contributed by atoms with van der Waals surface area (Å²) < 4.78 is 1.77. The van der Waals surface area contributed by atoms with Crippen LogP contribution in [0.4, 0.5) is 5.69 Å². The molecule has 2 amide bonds. The molecular weight excluding hydrogens is 450 g/mol. The summed E-state index contributed by atoms with van der Waals surface area (Å²) in [5, 5.41) is 7.67. The van der Waals surface area contributed by atoms with E-state index in [1.54, 1.807) is 30.2 Å². The fourth-order valence-electron chi connectivity index (χ4n) is 4.09. The zero-order valence-electron chi connectivity index (χ0n) is 20.9. The van der Waals surface area contributed by atoms with Crippen molar-refractivity contribution in [3.8, 4) is 16.9 Å². The number of nitrogens with one attached hydrogen (secondary N) is 1. The third-order valence-corrected chi connectivity index (χ3v) is 5.80. The van der Waals surface area contributed by atoms with Crippen molar-refractivity contribution >= 4 is 23.6 Å². The third kappa shape index (κ3) is 5.75. The number of hydrogen-bond acceptors (Lipinski definition) is 4. The Morgan fingerprint density at radius 1 is 1.03 bits per heavy atom. The highest BCUT2D eigenvalue weighted by atomic mass is 16.2. The van der Waals surface area contributed by atoms with Crippen molar-refractivity contribution < 1.29 is 9.59 Å².